The highest BCUT2D eigenvalue weighted by Gasteiger charge is 2.51. The molecule has 0 fully saturated rings. The first kappa shape index (κ1) is 16.3. The van der Waals surface area contributed by atoms with Crippen molar-refractivity contribution >= 4 is 17.8 Å². The van der Waals surface area contributed by atoms with Gasteiger partial charge < -0.3 is 19.3 Å². The van der Waals surface area contributed by atoms with Crippen molar-refractivity contribution in [1.82, 2.24) is 5.32 Å². The number of ether oxygens (including phenoxy) is 3. The highest BCUT2D eigenvalue weighted by Crippen LogP contribution is 2.42. The quantitative estimate of drug-likeness (QED) is 0.808. The van der Waals surface area contributed by atoms with Gasteiger partial charge in [-0.3, -0.25) is 14.9 Å². The molecular weight excluding hydrogens is 306 g/mol. The van der Waals surface area contributed by atoms with Crippen molar-refractivity contribution in [3.8, 4) is 5.75 Å². The summed E-state index contributed by atoms with van der Waals surface area (Å²) in [6.07, 6.45) is -1.46. The highest BCUT2D eigenvalue weighted by atomic mass is 16.6. The van der Waals surface area contributed by atoms with Crippen molar-refractivity contribution in [2.45, 2.75) is 19.4 Å². The lowest BCUT2D eigenvalue weighted by molar-refractivity contribution is -0.142. The zero-order chi connectivity index (χ0) is 17.2. The van der Waals surface area contributed by atoms with E-state index in [0.29, 0.717) is 11.3 Å². The molecule has 0 radical (unpaired) electrons. The van der Waals surface area contributed by atoms with Gasteiger partial charge in [-0.2, -0.15) is 0 Å². The highest BCUT2D eigenvalue weighted by molar-refractivity contribution is 6.05. The van der Waals surface area contributed by atoms with E-state index in [1.54, 1.807) is 24.3 Å². The van der Waals surface area contributed by atoms with Crippen LogP contribution in [0.15, 0.2) is 35.9 Å². The lowest BCUT2D eigenvalue weighted by atomic mass is 9.91. The van der Waals surface area contributed by atoms with Crippen LogP contribution in [0.3, 0.4) is 0 Å². The lowest BCUT2D eigenvalue weighted by Gasteiger charge is -2.25. The van der Waals surface area contributed by atoms with Crippen LogP contribution >= 0.6 is 0 Å². The maximum atomic E-state index is 12.7. The van der Waals surface area contributed by atoms with E-state index in [1.165, 1.54) is 14.0 Å². The van der Waals surface area contributed by atoms with E-state index >= 15 is 0 Å². The Morgan fingerprint density at radius 3 is 2.52 bits per heavy atom. The molecule has 1 aromatic carbocycles. The number of methoxy groups -OCH3 is 1. The minimum atomic E-state index is -1.59. The van der Waals surface area contributed by atoms with Gasteiger partial charge in [0.15, 0.2) is 0 Å². The molecule has 1 heterocycles. The number of ketones is 1. The molecule has 0 spiro atoms. The number of esters is 1. The van der Waals surface area contributed by atoms with Gasteiger partial charge in [-0.05, 0) is 13.0 Å². The van der Waals surface area contributed by atoms with Crippen LogP contribution in [0.1, 0.15) is 19.4 Å². The van der Waals surface area contributed by atoms with Gasteiger partial charge in [-0.25, -0.2) is 4.79 Å². The van der Waals surface area contributed by atoms with Crippen molar-refractivity contribution in [2.75, 3.05) is 7.11 Å². The summed E-state index contributed by atoms with van der Waals surface area (Å²) in [7, 11) is 1.43. The van der Waals surface area contributed by atoms with Gasteiger partial charge in [0.1, 0.15) is 5.75 Å². The van der Waals surface area contributed by atoms with Gasteiger partial charge in [-0.15, -0.1) is 0 Å². The van der Waals surface area contributed by atoms with E-state index in [0.717, 1.165) is 6.92 Å². The third-order valence-corrected chi connectivity index (χ3v) is 3.24. The van der Waals surface area contributed by atoms with Crippen LogP contribution in [0.5, 0.6) is 5.75 Å². The lowest BCUT2D eigenvalue weighted by Crippen LogP contribution is -2.32. The SMILES string of the molecule is COc1ccccc1C1(C)OC(NC(=O)O)=C(OC(C)=O)C1=O. The van der Waals surface area contributed by atoms with Crippen molar-refractivity contribution < 1.29 is 33.7 Å². The molecule has 0 saturated carbocycles. The van der Waals surface area contributed by atoms with E-state index in [4.69, 9.17) is 19.3 Å². The normalized spacial score (nSPS) is 20.0. The van der Waals surface area contributed by atoms with Crippen molar-refractivity contribution in [3.63, 3.8) is 0 Å². The van der Waals surface area contributed by atoms with Gasteiger partial charge in [0, 0.05) is 12.5 Å². The molecule has 8 heteroatoms. The number of hydrogen-bond acceptors (Lipinski definition) is 6. The average molecular weight is 321 g/mol. The minimum absolute atomic E-state index is 0.374. The second kappa shape index (κ2) is 5.99. The first-order valence-corrected chi connectivity index (χ1v) is 6.59. The molecule has 122 valence electrons. The third-order valence-electron chi connectivity index (χ3n) is 3.24. The molecule has 0 saturated heterocycles. The second-order valence-corrected chi connectivity index (χ2v) is 4.85. The molecular formula is C15H15NO7. The van der Waals surface area contributed by atoms with Gasteiger partial charge in [-0.1, -0.05) is 18.2 Å². The summed E-state index contributed by atoms with van der Waals surface area (Å²) >= 11 is 0. The van der Waals surface area contributed by atoms with Crippen LogP contribution in [0.2, 0.25) is 0 Å². The largest absolute Gasteiger partial charge is 0.496 e. The Labute approximate surface area is 131 Å². The van der Waals surface area contributed by atoms with E-state index in [-0.39, 0.29) is 0 Å². The zero-order valence-corrected chi connectivity index (χ0v) is 12.7. The molecule has 0 aromatic heterocycles. The van der Waals surface area contributed by atoms with Crippen molar-refractivity contribution in [3.05, 3.63) is 41.5 Å². The topological polar surface area (TPSA) is 111 Å². The van der Waals surface area contributed by atoms with Gasteiger partial charge >= 0.3 is 12.1 Å². The zero-order valence-electron chi connectivity index (χ0n) is 12.7. The summed E-state index contributed by atoms with van der Waals surface area (Å²) in [6.45, 7) is 2.53. The third kappa shape index (κ3) is 2.96. The molecule has 2 rings (SSSR count). The van der Waals surface area contributed by atoms with Crippen molar-refractivity contribution in [2.24, 2.45) is 0 Å². The monoisotopic (exact) mass is 321 g/mol. The average Bonchev–Trinajstić information content (AvgIpc) is 2.71. The fraction of sp³-hybridized carbons (Fsp3) is 0.267. The van der Waals surface area contributed by atoms with E-state index in [2.05, 4.69) is 0 Å². The van der Waals surface area contributed by atoms with Crippen LogP contribution in [0.4, 0.5) is 4.79 Å². The Bertz CT molecular complexity index is 710. The number of carboxylic acid groups (broad SMARTS) is 1. The molecule has 1 aliphatic heterocycles. The first-order chi connectivity index (χ1) is 10.8. The summed E-state index contributed by atoms with van der Waals surface area (Å²) in [6, 6.07) is 6.62. The molecule has 0 aliphatic carbocycles. The van der Waals surface area contributed by atoms with Crippen LogP contribution in [0, 0.1) is 0 Å². The Balaban J connectivity index is 2.49. The Morgan fingerprint density at radius 1 is 1.30 bits per heavy atom. The second-order valence-electron chi connectivity index (χ2n) is 4.85. The standard InChI is InChI=1S/C15H15NO7/c1-8(17)22-11-12(18)15(2,23-13(11)16-14(19)20)9-6-4-5-7-10(9)21-3/h4-7,16H,1-3H3,(H,19,20). The van der Waals surface area contributed by atoms with E-state index < -0.39 is 35.1 Å². The van der Waals surface area contributed by atoms with Gasteiger partial charge in [0.25, 0.3) is 5.78 Å². The van der Waals surface area contributed by atoms with E-state index in [1.807, 2.05) is 5.32 Å². The molecule has 1 amide bonds. The number of nitrogens with one attached hydrogen (secondary N) is 1. The molecule has 8 nitrogen and oxygen atoms in total. The number of Topliss-reactive ketones (excluding diaryl/α,β-unsaturated/α-hetero) is 1. The maximum Gasteiger partial charge on any atom is 0.411 e. The number of carbonyl (C=O) groups is 3. The summed E-state index contributed by atoms with van der Waals surface area (Å²) < 4.78 is 15.5. The molecule has 1 atom stereocenters. The minimum Gasteiger partial charge on any atom is -0.496 e. The fourth-order valence-electron chi connectivity index (χ4n) is 2.25. The predicted octanol–water partition coefficient (Wildman–Crippen LogP) is 1.51. The summed E-state index contributed by atoms with van der Waals surface area (Å²) in [4.78, 5) is 34.7. The molecule has 0 bridgehead atoms. The summed E-state index contributed by atoms with van der Waals surface area (Å²) in [5.74, 6) is -2.02. The number of benzene rings is 1. The Morgan fingerprint density at radius 2 is 1.96 bits per heavy atom. The number of hydrogen-bond donors (Lipinski definition) is 2. The maximum absolute atomic E-state index is 12.7. The molecule has 1 unspecified atom stereocenters. The molecule has 2 N–H and O–H groups in total. The van der Waals surface area contributed by atoms with Gasteiger partial charge in [0.05, 0.1) is 7.11 Å². The van der Waals surface area contributed by atoms with E-state index in [9.17, 15) is 14.4 Å². The molecule has 1 aliphatic rings. The Kier molecular flexibility index (Phi) is 4.26. The Hall–Kier alpha value is -3.03. The van der Waals surface area contributed by atoms with Crippen LogP contribution < -0.4 is 10.1 Å². The molecule has 23 heavy (non-hydrogen) atoms. The van der Waals surface area contributed by atoms with Crippen molar-refractivity contribution in [1.29, 1.82) is 0 Å². The summed E-state index contributed by atoms with van der Waals surface area (Å²) in [5, 5.41) is 10.8. The first-order valence-electron chi connectivity index (χ1n) is 6.59. The summed E-state index contributed by atoms with van der Waals surface area (Å²) in [5.41, 5.74) is -1.21. The smallest absolute Gasteiger partial charge is 0.411 e. The number of amides is 1. The number of rotatable bonds is 4. The van der Waals surface area contributed by atoms with Crippen LogP contribution in [-0.2, 0) is 24.7 Å². The number of para-hydroxylation sites is 1. The molecule has 1 aromatic rings. The number of carbonyl (C=O) groups excluding carboxylic acids is 2. The van der Waals surface area contributed by atoms with Crippen LogP contribution in [-0.4, -0.2) is 30.1 Å². The fourth-order valence-corrected chi connectivity index (χ4v) is 2.25. The van der Waals surface area contributed by atoms with Gasteiger partial charge in [0.2, 0.25) is 17.2 Å². The van der Waals surface area contributed by atoms with Crippen LogP contribution in [0.25, 0.3) is 0 Å². The predicted molar refractivity (Wildman–Crippen MR) is 76.4 cm³/mol.